The Bertz CT molecular complexity index is 345. The Morgan fingerprint density at radius 2 is 2.22 bits per heavy atom. The molecule has 1 aliphatic carbocycles. The molecule has 4 heteroatoms. The first-order valence-corrected chi connectivity index (χ1v) is 8.03. The van der Waals surface area contributed by atoms with Gasteiger partial charge in [-0.25, -0.2) is 4.98 Å². The van der Waals surface area contributed by atoms with Crippen LogP contribution in [0.4, 0.5) is 0 Å². The fourth-order valence-electron chi connectivity index (χ4n) is 2.86. The third kappa shape index (κ3) is 4.34. The number of nitrogens with zero attached hydrogens (tertiary/aromatic N) is 1. The normalized spacial score (nSPS) is 19.0. The monoisotopic (exact) mass is 267 g/mol. The highest BCUT2D eigenvalue weighted by Crippen LogP contribution is 2.28. The summed E-state index contributed by atoms with van der Waals surface area (Å²) in [6, 6.07) is 0.387. The van der Waals surface area contributed by atoms with Gasteiger partial charge in [-0.3, -0.25) is 11.3 Å². The van der Waals surface area contributed by atoms with Crippen molar-refractivity contribution in [3.05, 3.63) is 16.1 Å². The Hall–Kier alpha value is -0.450. The molecular weight excluding hydrogens is 242 g/mol. The molecule has 1 unspecified atom stereocenters. The standard InChI is InChI=1S/C14H25N3S/c1-11-10-18-14(16-11)9-13(17-15)8-7-12-5-3-2-4-6-12/h10,12-13,17H,2-9,15H2,1H3. The van der Waals surface area contributed by atoms with Crippen LogP contribution in [-0.2, 0) is 6.42 Å². The first-order chi connectivity index (χ1) is 8.78. The Labute approximate surface area is 114 Å². The number of hydrogen-bond donors (Lipinski definition) is 2. The van der Waals surface area contributed by atoms with Crippen molar-refractivity contribution in [3.63, 3.8) is 0 Å². The van der Waals surface area contributed by atoms with E-state index < -0.39 is 0 Å². The third-order valence-corrected chi connectivity index (χ3v) is 4.96. The predicted molar refractivity (Wildman–Crippen MR) is 77.5 cm³/mol. The average molecular weight is 267 g/mol. The summed E-state index contributed by atoms with van der Waals surface area (Å²) >= 11 is 1.75. The number of rotatable bonds is 6. The van der Waals surface area contributed by atoms with Crippen LogP contribution in [-0.4, -0.2) is 11.0 Å². The molecule has 3 N–H and O–H groups in total. The van der Waals surface area contributed by atoms with E-state index in [2.05, 4.69) is 15.8 Å². The lowest BCUT2D eigenvalue weighted by atomic mass is 9.85. The fraction of sp³-hybridized carbons (Fsp3) is 0.786. The van der Waals surface area contributed by atoms with Crippen molar-refractivity contribution in [2.24, 2.45) is 11.8 Å². The number of hydrazine groups is 1. The van der Waals surface area contributed by atoms with E-state index in [-0.39, 0.29) is 0 Å². The van der Waals surface area contributed by atoms with E-state index in [0.29, 0.717) is 6.04 Å². The molecule has 0 aromatic carbocycles. The molecule has 1 fully saturated rings. The molecular formula is C14H25N3S. The second kappa shape index (κ2) is 7.22. The second-order valence-electron chi connectivity index (χ2n) is 5.53. The van der Waals surface area contributed by atoms with Crippen LogP contribution in [0, 0.1) is 12.8 Å². The largest absolute Gasteiger partial charge is 0.271 e. The number of nitrogens with two attached hydrogens (primary N) is 1. The average Bonchev–Trinajstić information content (AvgIpc) is 2.81. The van der Waals surface area contributed by atoms with E-state index in [1.165, 1.54) is 50.0 Å². The second-order valence-corrected chi connectivity index (χ2v) is 6.47. The van der Waals surface area contributed by atoms with Gasteiger partial charge in [-0.2, -0.15) is 0 Å². The molecule has 1 saturated carbocycles. The van der Waals surface area contributed by atoms with E-state index in [4.69, 9.17) is 5.84 Å². The maximum Gasteiger partial charge on any atom is 0.0944 e. The van der Waals surface area contributed by atoms with E-state index in [1.807, 2.05) is 6.92 Å². The van der Waals surface area contributed by atoms with Crippen molar-refractivity contribution in [1.29, 1.82) is 0 Å². The Morgan fingerprint density at radius 1 is 1.44 bits per heavy atom. The molecule has 0 saturated heterocycles. The van der Waals surface area contributed by atoms with Crippen LogP contribution < -0.4 is 11.3 Å². The molecule has 1 aliphatic rings. The van der Waals surface area contributed by atoms with E-state index in [9.17, 15) is 0 Å². The smallest absolute Gasteiger partial charge is 0.0944 e. The Morgan fingerprint density at radius 3 is 2.83 bits per heavy atom. The molecule has 18 heavy (non-hydrogen) atoms. The lowest BCUT2D eigenvalue weighted by Gasteiger charge is -2.23. The van der Waals surface area contributed by atoms with Crippen LogP contribution in [0.1, 0.15) is 55.6 Å². The minimum absolute atomic E-state index is 0.387. The van der Waals surface area contributed by atoms with E-state index in [1.54, 1.807) is 11.3 Å². The summed E-state index contributed by atoms with van der Waals surface area (Å²) in [4.78, 5) is 4.52. The summed E-state index contributed by atoms with van der Waals surface area (Å²) in [5.41, 5.74) is 4.09. The van der Waals surface area contributed by atoms with Gasteiger partial charge in [0.2, 0.25) is 0 Å². The lowest BCUT2D eigenvalue weighted by molar-refractivity contribution is 0.313. The molecule has 0 bridgehead atoms. The van der Waals surface area contributed by atoms with Gasteiger partial charge in [0.05, 0.1) is 5.01 Å². The van der Waals surface area contributed by atoms with E-state index in [0.717, 1.165) is 18.0 Å². The molecule has 1 atom stereocenters. The summed E-state index contributed by atoms with van der Waals surface area (Å²) in [6.07, 6.45) is 10.6. The number of nitrogens with one attached hydrogen (secondary N) is 1. The van der Waals surface area contributed by atoms with Gasteiger partial charge in [0.25, 0.3) is 0 Å². The van der Waals surface area contributed by atoms with Gasteiger partial charge in [-0.05, 0) is 25.7 Å². The molecule has 0 spiro atoms. The van der Waals surface area contributed by atoms with Crippen molar-refractivity contribution in [2.45, 2.75) is 64.3 Å². The minimum atomic E-state index is 0.387. The van der Waals surface area contributed by atoms with Crippen LogP contribution >= 0.6 is 11.3 Å². The highest BCUT2D eigenvalue weighted by molar-refractivity contribution is 7.09. The van der Waals surface area contributed by atoms with Gasteiger partial charge in [-0.1, -0.05) is 32.1 Å². The fourth-order valence-corrected chi connectivity index (χ4v) is 3.72. The van der Waals surface area contributed by atoms with Crippen molar-refractivity contribution < 1.29 is 0 Å². The number of hydrogen-bond acceptors (Lipinski definition) is 4. The maximum atomic E-state index is 5.67. The van der Waals surface area contributed by atoms with Gasteiger partial charge in [0.15, 0.2) is 0 Å². The first kappa shape index (κ1) is 14.0. The Balaban J connectivity index is 1.74. The Kier molecular flexibility index (Phi) is 5.60. The van der Waals surface area contributed by atoms with E-state index >= 15 is 0 Å². The van der Waals surface area contributed by atoms with Gasteiger partial charge in [-0.15, -0.1) is 11.3 Å². The number of aryl methyl sites for hydroxylation is 1. The van der Waals surface area contributed by atoms with Crippen LogP contribution in [0.3, 0.4) is 0 Å². The van der Waals surface area contributed by atoms with Gasteiger partial charge in [0.1, 0.15) is 0 Å². The highest BCUT2D eigenvalue weighted by atomic mass is 32.1. The molecule has 0 radical (unpaired) electrons. The highest BCUT2D eigenvalue weighted by Gasteiger charge is 2.16. The van der Waals surface area contributed by atoms with Crippen molar-refractivity contribution >= 4 is 11.3 Å². The molecule has 0 aliphatic heterocycles. The van der Waals surface area contributed by atoms with Crippen molar-refractivity contribution in [2.75, 3.05) is 0 Å². The molecule has 1 heterocycles. The minimum Gasteiger partial charge on any atom is -0.271 e. The third-order valence-electron chi connectivity index (χ3n) is 3.97. The van der Waals surface area contributed by atoms with Gasteiger partial charge < -0.3 is 0 Å². The summed E-state index contributed by atoms with van der Waals surface area (Å²) in [7, 11) is 0. The zero-order chi connectivity index (χ0) is 12.8. The quantitative estimate of drug-likeness (QED) is 0.615. The van der Waals surface area contributed by atoms with Crippen molar-refractivity contribution in [3.8, 4) is 0 Å². The molecule has 1 aromatic rings. The van der Waals surface area contributed by atoms with Crippen molar-refractivity contribution in [1.82, 2.24) is 10.4 Å². The maximum absolute atomic E-state index is 5.67. The summed E-state index contributed by atoms with van der Waals surface area (Å²) in [5.74, 6) is 6.61. The summed E-state index contributed by atoms with van der Waals surface area (Å²) in [5, 5.41) is 3.32. The van der Waals surface area contributed by atoms with Crippen LogP contribution in [0.5, 0.6) is 0 Å². The van der Waals surface area contributed by atoms with Gasteiger partial charge in [0, 0.05) is 23.5 Å². The first-order valence-electron chi connectivity index (χ1n) is 7.15. The zero-order valence-corrected chi connectivity index (χ0v) is 12.1. The summed E-state index contributed by atoms with van der Waals surface area (Å²) < 4.78 is 0. The SMILES string of the molecule is Cc1csc(CC(CCC2CCCCC2)NN)n1. The lowest BCUT2D eigenvalue weighted by Crippen LogP contribution is -2.37. The van der Waals surface area contributed by atoms with Crippen LogP contribution in [0.15, 0.2) is 5.38 Å². The van der Waals surface area contributed by atoms with Gasteiger partial charge >= 0.3 is 0 Å². The molecule has 1 aromatic heterocycles. The van der Waals surface area contributed by atoms with Crippen LogP contribution in [0.2, 0.25) is 0 Å². The molecule has 2 rings (SSSR count). The summed E-state index contributed by atoms with van der Waals surface area (Å²) in [6.45, 7) is 2.05. The van der Waals surface area contributed by atoms with Crippen LogP contribution in [0.25, 0.3) is 0 Å². The molecule has 3 nitrogen and oxygen atoms in total. The molecule has 102 valence electrons. The number of thiazole rings is 1. The predicted octanol–water partition coefficient (Wildman–Crippen LogP) is 3.19. The zero-order valence-electron chi connectivity index (χ0n) is 11.3. The molecule has 0 amide bonds. The number of aromatic nitrogens is 1. The topological polar surface area (TPSA) is 50.9 Å².